The Morgan fingerprint density at radius 1 is 1.09 bits per heavy atom. The molecule has 4 nitrogen and oxygen atoms in total. The van der Waals surface area contributed by atoms with Gasteiger partial charge in [0.05, 0.1) is 6.54 Å². The van der Waals surface area contributed by atoms with E-state index in [-0.39, 0.29) is 12.5 Å². The van der Waals surface area contributed by atoms with E-state index in [0.717, 1.165) is 11.3 Å². The van der Waals surface area contributed by atoms with E-state index in [1.807, 2.05) is 48.5 Å². The number of allylic oxidation sites excluding steroid dienone is 1. The van der Waals surface area contributed by atoms with Crippen molar-refractivity contribution in [3.05, 3.63) is 71.3 Å². The van der Waals surface area contributed by atoms with Gasteiger partial charge < -0.3 is 5.32 Å². The Morgan fingerprint density at radius 3 is 2.55 bits per heavy atom. The predicted octanol–water partition coefficient (Wildman–Crippen LogP) is 3.57. The van der Waals surface area contributed by atoms with E-state index in [4.69, 9.17) is 11.6 Å². The maximum atomic E-state index is 11.6. The van der Waals surface area contributed by atoms with Gasteiger partial charge in [0.25, 0.3) is 5.91 Å². The zero-order valence-corrected chi connectivity index (χ0v) is 12.6. The van der Waals surface area contributed by atoms with Crippen LogP contribution in [0.3, 0.4) is 0 Å². The summed E-state index contributed by atoms with van der Waals surface area (Å²) in [5.41, 5.74) is 4.34. The molecule has 0 radical (unpaired) electrons. The van der Waals surface area contributed by atoms with E-state index >= 15 is 0 Å². The van der Waals surface area contributed by atoms with Crippen LogP contribution >= 0.6 is 11.6 Å². The molecule has 0 bridgehead atoms. The zero-order chi connectivity index (χ0) is 15.6. The van der Waals surface area contributed by atoms with Crippen LogP contribution in [0.5, 0.6) is 0 Å². The lowest BCUT2D eigenvalue weighted by atomic mass is 10.2. The number of carbonyl (C=O) groups excluding carboxylic acids is 1. The van der Waals surface area contributed by atoms with Crippen molar-refractivity contribution in [2.75, 3.05) is 11.9 Å². The fraction of sp³-hybridized carbons (Fsp3) is 0.0588. The van der Waals surface area contributed by atoms with Gasteiger partial charge in [-0.15, -0.1) is 0 Å². The number of halogens is 1. The van der Waals surface area contributed by atoms with E-state index in [9.17, 15) is 4.79 Å². The van der Waals surface area contributed by atoms with Gasteiger partial charge in [-0.1, -0.05) is 48.0 Å². The average molecular weight is 314 g/mol. The fourth-order valence-electron chi connectivity index (χ4n) is 1.66. The van der Waals surface area contributed by atoms with Crippen LogP contribution < -0.4 is 10.7 Å². The molecule has 1 amide bonds. The van der Waals surface area contributed by atoms with Crippen LogP contribution in [0.1, 0.15) is 5.56 Å². The molecule has 0 saturated carbocycles. The van der Waals surface area contributed by atoms with E-state index in [1.54, 1.807) is 18.2 Å². The standard InChI is InChI=1S/C17H16ClN3O/c18-15-8-10-16(11-9-15)19-13-17(22)21-20-12-4-7-14-5-2-1-3-6-14/h1-12,19H,13H2,(H,21,22). The molecule has 0 saturated heterocycles. The van der Waals surface area contributed by atoms with Crippen LogP contribution in [0.2, 0.25) is 5.02 Å². The van der Waals surface area contributed by atoms with Crippen LogP contribution in [-0.4, -0.2) is 18.7 Å². The predicted molar refractivity (Wildman–Crippen MR) is 92.1 cm³/mol. The zero-order valence-electron chi connectivity index (χ0n) is 11.9. The van der Waals surface area contributed by atoms with Gasteiger partial charge in [0.1, 0.15) is 0 Å². The highest BCUT2D eigenvalue weighted by Crippen LogP contribution is 2.12. The van der Waals surface area contributed by atoms with Gasteiger partial charge in [0.2, 0.25) is 0 Å². The lowest BCUT2D eigenvalue weighted by Gasteiger charge is -2.04. The van der Waals surface area contributed by atoms with Gasteiger partial charge >= 0.3 is 0 Å². The molecular weight excluding hydrogens is 298 g/mol. The number of benzene rings is 2. The second-order valence-corrected chi connectivity index (χ2v) is 4.88. The summed E-state index contributed by atoms with van der Waals surface area (Å²) in [5, 5.41) is 7.47. The molecule has 0 heterocycles. The van der Waals surface area contributed by atoms with Crippen LogP contribution in [0.4, 0.5) is 5.69 Å². The molecule has 0 unspecified atom stereocenters. The fourth-order valence-corrected chi connectivity index (χ4v) is 1.79. The SMILES string of the molecule is O=C(CNc1ccc(Cl)cc1)NN=CC=Cc1ccccc1. The number of nitrogens with one attached hydrogen (secondary N) is 2. The quantitative estimate of drug-likeness (QED) is 0.633. The summed E-state index contributed by atoms with van der Waals surface area (Å²) in [4.78, 5) is 11.6. The molecule has 22 heavy (non-hydrogen) atoms. The van der Waals surface area contributed by atoms with E-state index in [1.165, 1.54) is 6.21 Å². The lowest BCUT2D eigenvalue weighted by Crippen LogP contribution is -2.25. The summed E-state index contributed by atoms with van der Waals surface area (Å²) in [5.74, 6) is -0.223. The van der Waals surface area contributed by atoms with Crippen LogP contribution in [0, 0.1) is 0 Å². The third kappa shape index (κ3) is 5.81. The van der Waals surface area contributed by atoms with Gasteiger partial charge in [0.15, 0.2) is 0 Å². The molecule has 5 heteroatoms. The highest BCUT2D eigenvalue weighted by Gasteiger charge is 1.98. The Balaban J connectivity index is 1.70. The number of amides is 1. The number of rotatable bonds is 6. The van der Waals surface area contributed by atoms with Crippen LogP contribution in [-0.2, 0) is 4.79 Å². The third-order valence-electron chi connectivity index (χ3n) is 2.74. The van der Waals surface area contributed by atoms with Gasteiger partial charge in [-0.2, -0.15) is 5.10 Å². The van der Waals surface area contributed by atoms with Crippen molar-refractivity contribution in [1.29, 1.82) is 0 Å². The second kappa shape index (κ2) is 8.64. The normalized spacial score (nSPS) is 11.0. The van der Waals surface area contributed by atoms with E-state index < -0.39 is 0 Å². The average Bonchev–Trinajstić information content (AvgIpc) is 2.55. The largest absolute Gasteiger partial charge is 0.376 e. The Hall–Kier alpha value is -2.59. The number of hydrogen-bond donors (Lipinski definition) is 2. The maximum absolute atomic E-state index is 11.6. The molecule has 0 aliphatic rings. The number of anilines is 1. The van der Waals surface area contributed by atoms with E-state index in [2.05, 4.69) is 15.8 Å². The van der Waals surface area contributed by atoms with Gasteiger partial charge in [-0.25, -0.2) is 5.43 Å². The first-order valence-electron chi connectivity index (χ1n) is 6.77. The molecule has 112 valence electrons. The summed E-state index contributed by atoms with van der Waals surface area (Å²) in [6.45, 7) is 0.140. The molecule has 0 aromatic heterocycles. The van der Waals surface area contributed by atoms with Gasteiger partial charge in [0, 0.05) is 16.9 Å². The summed E-state index contributed by atoms with van der Waals surface area (Å²) in [7, 11) is 0. The molecule has 0 atom stereocenters. The second-order valence-electron chi connectivity index (χ2n) is 4.44. The minimum absolute atomic E-state index is 0.140. The molecule has 0 fully saturated rings. The molecule has 0 aliphatic carbocycles. The first-order valence-corrected chi connectivity index (χ1v) is 7.15. The van der Waals surface area contributed by atoms with Crippen molar-refractivity contribution in [2.45, 2.75) is 0 Å². The lowest BCUT2D eigenvalue weighted by molar-refractivity contribution is -0.119. The molecule has 2 aromatic carbocycles. The van der Waals surface area contributed by atoms with Crippen molar-refractivity contribution >= 4 is 35.5 Å². The summed E-state index contributed by atoms with van der Waals surface area (Å²) < 4.78 is 0. The van der Waals surface area contributed by atoms with Crippen LogP contribution in [0.15, 0.2) is 65.8 Å². The molecular formula is C17H16ClN3O. The number of carbonyl (C=O) groups is 1. The molecule has 2 aromatic rings. The Kier molecular flexibility index (Phi) is 6.20. The Labute approximate surface area is 134 Å². The van der Waals surface area contributed by atoms with Gasteiger partial charge in [-0.3, -0.25) is 4.79 Å². The third-order valence-corrected chi connectivity index (χ3v) is 2.99. The minimum atomic E-state index is -0.223. The monoisotopic (exact) mass is 313 g/mol. The van der Waals surface area contributed by atoms with Crippen molar-refractivity contribution in [3.8, 4) is 0 Å². The van der Waals surface area contributed by atoms with Crippen LogP contribution in [0.25, 0.3) is 6.08 Å². The highest BCUT2D eigenvalue weighted by molar-refractivity contribution is 6.30. The first kappa shape index (κ1) is 15.8. The topological polar surface area (TPSA) is 53.5 Å². The molecule has 2 rings (SSSR count). The van der Waals surface area contributed by atoms with Crippen molar-refractivity contribution in [2.24, 2.45) is 5.10 Å². The minimum Gasteiger partial charge on any atom is -0.376 e. The number of hydrogen-bond acceptors (Lipinski definition) is 3. The van der Waals surface area contributed by atoms with Gasteiger partial charge in [-0.05, 0) is 35.9 Å². The maximum Gasteiger partial charge on any atom is 0.259 e. The summed E-state index contributed by atoms with van der Waals surface area (Å²) in [6, 6.07) is 17.0. The first-order chi connectivity index (χ1) is 10.7. The van der Waals surface area contributed by atoms with E-state index in [0.29, 0.717) is 5.02 Å². The number of hydrazone groups is 1. The Morgan fingerprint density at radius 2 is 1.82 bits per heavy atom. The molecule has 0 aliphatic heterocycles. The summed E-state index contributed by atoms with van der Waals surface area (Å²) in [6.07, 6.45) is 5.21. The van der Waals surface area contributed by atoms with Crippen molar-refractivity contribution in [3.63, 3.8) is 0 Å². The highest BCUT2D eigenvalue weighted by atomic mass is 35.5. The summed E-state index contributed by atoms with van der Waals surface area (Å²) >= 11 is 5.78. The molecule has 0 spiro atoms. The molecule has 2 N–H and O–H groups in total. The Bertz CT molecular complexity index is 651. The number of nitrogens with zero attached hydrogens (tertiary/aromatic N) is 1. The van der Waals surface area contributed by atoms with Crippen molar-refractivity contribution in [1.82, 2.24) is 5.43 Å². The smallest absolute Gasteiger partial charge is 0.259 e. The van der Waals surface area contributed by atoms with Crippen molar-refractivity contribution < 1.29 is 4.79 Å².